The molecule has 0 atom stereocenters. The van der Waals surface area contributed by atoms with Crippen LogP contribution in [0.4, 0.5) is 0 Å². The number of pyridine rings is 1. The third-order valence-electron chi connectivity index (χ3n) is 3.68. The number of nitriles is 1. The van der Waals surface area contributed by atoms with Gasteiger partial charge in [-0.1, -0.05) is 23.2 Å². The van der Waals surface area contributed by atoms with Crippen LogP contribution < -0.4 is 0 Å². The molecule has 0 aliphatic carbocycles. The Morgan fingerprint density at radius 3 is 2.52 bits per heavy atom. The molecule has 1 fully saturated rings. The lowest BCUT2D eigenvalue weighted by molar-refractivity contribution is 0.0521. The summed E-state index contributed by atoms with van der Waals surface area (Å²) in [7, 11) is 0. The zero-order valence-corrected chi connectivity index (χ0v) is 13.4. The van der Waals surface area contributed by atoms with Crippen molar-refractivity contribution in [3.05, 3.63) is 28.0 Å². The molecule has 21 heavy (non-hydrogen) atoms. The predicted octanol–water partition coefficient (Wildman–Crippen LogP) is 2.45. The molecule has 1 saturated heterocycles. The SMILES string of the molecule is CC(C)(C#N)N1CCN(C(=O)c2cc(Cl)ncc2Cl)CC1. The largest absolute Gasteiger partial charge is 0.336 e. The molecule has 0 unspecified atom stereocenters. The standard InChI is InChI=1S/C14H16Cl2N4O/c1-14(2,9-17)20-5-3-19(4-6-20)13(21)10-7-12(16)18-8-11(10)15/h7-8H,3-6H2,1-2H3. The summed E-state index contributed by atoms with van der Waals surface area (Å²) >= 11 is 11.8. The first-order chi connectivity index (χ1) is 9.85. The van der Waals surface area contributed by atoms with Gasteiger partial charge in [-0.15, -0.1) is 0 Å². The Bertz CT molecular complexity index is 589. The Labute approximate surface area is 134 Å². The van der Waals surface area contributed by atoms with Crippen LogP contribution >= 0.6 is 23.2 Å². The van der Waals surface area contributed by atoms with Gasteiger partial charge in [-0.25, -0.2) is 4.98 Å². The van der Waals surface area contributed by atoms with Crippen LogP contribution in [-0.2, 0) is 0 Å². The number of hydrogen-bond donors (Lipinski definition) is 0. The van der Waals surface area contributed by atoms with Gasteiger partial charge in [-0.3, -0.25) is 9.69 Å². The topological polar surface area (TPSA) is 60.2 Å². The van der Waals surface area contributed by atoms with Crippen molar-refractivity contribution in [2.24, 2.45) is 0 Å². The summed E-state index contributed by atoms with van der Waals surface area (Å²) in [6, 6.07) is 3.76. The van der Waals surface area contributed by atoms with Crippen molar-refractivity contribution in [2.75, 3.05) is 26.2 Å². The highest BCUT2D eigenvalue weighted by molar-refractivity contribution is 6.35. The number of hydrogen-bond acceptors (Lipinski definition) is 4. The molecule has 0 N–H and O–H groups in total. The van der Waals surface area contributed by atoms with E-state index in [1.807, 2.05) is 13.8 Å². The Morgan fingerprint density at radius 1 is 1.33 bits per heavy atom. The maximum absolute atomic E-state index is 12.5. The maximum atomic E-state index is 12.5. The van der Waals surface area contributed by atoms with Crippen LogP contribution in [0.1, 0.15) is 24.2 Å². The van der Waals surface area contributed by atoms with Gasteiger partial charge >= 0.3 is 0 Å². The van der Waals surface area contributed by atoms with E-state index in [2.05, 4.69) is 16.0 Å². The first-order valence-electron chi connectivity index (χ1n) is 6.62. The number of aromatic nitrogens is 1. The molecule has 0 bridgehead atoms. The maximum Gasteiger partial charge on any atom is 0.255 e. The minimum Gasteiger partial charge on any atom is -0.336 e. The van der Waals surface area contributed by atoms with Crippen molar-refractivity contribution >= 4 is 29.1 Å². The van der Waals surface area contributed by atoms with E-state index in [0.717, 1.165) is 0 Å². The first-order valence-corrected chi connectivity index (χ1v) is 7.37. The molecule has 2 rings (SSSR count). The highest BCUT2D eigenvalue weighted by atomic mass is 35.5. The van der Waals surface area contributed by atoms with Crippen LogP contribution in [-0.4, -0.2) is 52.4 Å². The van der Waals surface area contributed by atoms with Crippen molar-refractivity contribution < 1.29 is 4.79 Å². The molecular weight excluding hydrogens is 311 g/mol. The molecule has 0 radical (unpaired) electrons. The van der Waals surface area contributed by atoms with Crippen molar-refractivity contribution in [3.8, 4) is 6.07 Å². The Hall–Kier alpha value is -1.35. The lowest BCUT2D eigenvalue weighted by atomic mass is 10.0. The van der Waals surface area contributed by atoms with Crippen LogP contribution in [0.25, 0.3) is 0 Å². The number of carbonyl (C=O) groups is 1. The quantitative estimate of drug-likeness (QED) is 0.783. The summed E-state index contributed by atoms with van der Waals surface area (Å²) in [5, 5.41) is 9.69. The van der Waals surface area contributed by atoms with E-state index >= 15 is 0 Å². The molecule has 1 aliphatic rings. The van der Waals surface area contributed by atoms with E-state index in [-0.39, 0.29) is 11.1 Å². The highest BCUT2D eigenvalue weighted by Crippen LogP contribution is 2.22. The van der Waals surface area contributed by atoms with Crippen LogP contribution in [0.15, 0.2) is 12.3 Å². The molecule has 0 saturated carbocycles. The fourth-order valence-corrected chi connectivity index (χ4v) is 2.63. The predicted molar refractivity (Wildman–Crippen MR) is 81.4 cm³/mol. The van der Waals surface area contributed by atoms with Gasteiger partial charge in [0.2, 0.25) is 0 Å². The van der Waals surface area contributed by atoms with Crippen LogP contribution in [0, 0.1) is 11.3 Å². The van der Waals surface area contributed by atoms with Gasteiger partial charge in [-0.2, -0.15) is 5.26 Å². The Balaban J connectivity index is 2.07. The molecule has 5 nitrogen and oxygen atoms in total. The van der Waals surface area contributed by atoms with E-state index in [4.69, 9.17) is 28.5 Å². The number of piperazine rings is 1. The van der Waals surface area contributed by atoms with Crippen LogP contribution in [0.5, 0.6) is 0 Å². The van der Waals surface area contributed by atoms with E-state index in [9.17, 15) is 4.79 Å². The normalized spacial score (nSPS) is 16.6. The number of carbonyl (C=O) groups excluding carboxylic acids is 1. The van der Waals surface area contributed by atoms with Crippen molar-refractivity contribution in [3.63, 3.8) is 0 Å². The molecule has 1 aromatic heterocycles. The van der Waals surface area contributed by atoms with Crippen LogP contribution in [0.2, 0.25) is 10.2 Å². The summed E-state index contributed by atoms with van der Waals surface area (Å²) in [6.07, 6.45) is 1.38. The number of rotatable bonds is 2. The van der Waals surface area contributed by atoms with E-state index in [1.165, 1.54) is 12.3 Å². The summed E-state index contributed by atoms with van der Waals surface area (Å²) in [4.78, 5) is 20.1. The average Bonchev–Trinajstić information content (AvgIpc) is 2.49. The third-order valence-corrected chi connectivity index (χ3v) is 4.19. The molecule has 1 aromatic rings. The lowest BCUT2D eigenvalue weighted by Crippen LogP contribution is -2.55. The number of halogens is 2. The zero-order chi connectivity index (χ0) is 15.6. The van der Waals surface area contributed by atoms with Crippen molar-refractivity contribution in [1.82, 2.24) is 14.8 Å². The summed E-state index contributed by atoms with van der Waals surface area (Å²) in [6.45, 7) is 6.18. The highest BCUT2D eigenvalue weighted by Gasteiger charge is 2.31. The number of nitrogens with zero attached hydrogens (tertiary/aromatic N) is 4. The van der Waals surface area contributed by atoms with E-state index in [0.29, 0.717) is 36.8 Å². The molecular formula is C14H16Cl2N4O. The Morgan fingerprint density at radius 2 is 1.95 bits per heavy atom. The van der Waals surface area contributed by atoms with Gasteiger partial charge in [0.05, 0.1) is 16.7 Å². The molecule has 0 spiro atoms. The smallest absolute Gasteiger partial charge is 0.255 e. The lowest BCUT2D eigenvalue weighted by Gasteiger charge is -2.40. The number of amides is 1. The second-order valence-corrected chi connectivity index (χ2v) is 6.23. The van der Waals surface area contributed by atoms with E-state index in [1.54, 1.807) is 4.90 Å². The van der Waals surface area contributed by atoms with Crippen molar-refractivity contribution in [1.29, 1.82) is 5.26 Å². The summed E-state index contributed by atoms with van der Waals surface area (Å²) in [5.41, 5.74) is -0.156. The van der Waals surface area contributed by atoms with Gasteiger partial charge in [-0.05, 0) is 19.9 Å². The molecule has 1 amide bonds. The van der Waals surface area contributed by atoms with Gasteiger partial charge in [0.1, 0.15) is 10.7 Å². The molecule has 2 heterocycles. The zero-order valence-electron chi connectivity index (χ0n) is 11.9. The van der Waals surface area contributed by atoms with Crippen LogP contribution in [0.3, 0.4) is 0 Å². The Kier molecular flexibility index (Phi) is 4.72. The van der Waals surface area contributed by atoms with Gasteiger partial charge in [0.15, 0.2) is 0 Å². The van der Waals surface area contributed by atoms with Gasteiger partial charge in [0, 0.05) is 32.4 Å². The van der Waals surface area contributed by atoms with Gasteiger partial charge in [0.25, 0.3) is 5.91 Å². The first kappa shape index (κ1) is 16.0. The average molecular weight is 327 g/mol. The summed E-state index contributed by atoms with van der Waals surface area (Å²) < 4.78 is 0. The van der Waals surface area contributed by atoms with Crippen molar-refractivity contribution in [2.45, 2.75) is 19.4 Å². The summed E-state index contributed by atoms with van der Waals surface area (Å²) in [5.74, 6) is -0.154. The molecule has 1 aliphatic heterocycles. The second kappa shape index (κ2) is 6.18. The monoisotopic (exact) mass is 326 g/mol. The molecule has 7 heteroatoms. The second-order valence-electron chi connectivity index (χ2n) is 5.44. The third kappa shape index (κ3) is 3.46. The fourth-order valence-electron chi connectivity index (χ4n) is 2.29. The minimum absolute atomic E-state index is 0.154. The minimum atomic E-state index is -0.521. The van der Waals surface area contributed by atoms with E-state index < -0.39 is 5.54 Å². The fraction of sp³-hybridized carbons (Fsp3) is 0.500. The van der Waals surface area contributed by atoms with Gasteiger partial charge < -0.3 is 4.90 Å². The molecule has 112 valence electrons. The molecule has 0 aromatic carbocycles.